The number of nitrogens with zero attached hydrogens (tertiary/aromatic N) is 1. The summed E-state index contributed by atoms with van der Waals surface area (Å²) in [5, 5.41) is 12.9. The van der Waals surface area contributed by atoms with Crippen LogP contribution in [0.2, 0.25) is 0 Å². The number of nitrogens with one attached hydrogen (secondary N) is 1. The van der Waals surface area contributed by atoms with Crippen molar-refractivity contribution >= 4 is 57.8 Å². The van der Waals surface area contributed by atoms with Crippen LogP contribution >= 0.6 is 0 Å². The summed E-state index contributed by atoms with van der Waals surface area (Å²) in [7, 11) is -17.4. The number of carbonyl (C=O) groups is 1. The molecule has 0 aromatic heterocycles. The lowest BCUT2D eigenvalue weighted by Gasteiger charge is -2.36. The monoisotopic (exact) mass is 957 g/mol. The molecule has 6 N–H and O–H groups in total. The van der Waals surface area contributed by atoms with Crippen molar-refractivity contribution in [3.63, 3.8) is 0 Å². The number of fused-ring (bicyclic) bond motifs is 1. The van der Waals surface area contributed by atoms with E-state index < -0.39 is 63.0 Å². The molecule has 1 atom stereocenters. The largest absolute Gasteiger partial charge is 0.481 e. The Labute approximate surface area is 372 Å². The molecule has 0 amide bonds. The zero-order chi connectivity index (χ0) is 47.2. The molecule has 1 unspecified atom stereocenters. The maximum Gasteiger partial charge on any atom is 0.305 e. The number of hydrogen-bond donors (Lipinski definition) is 6. The molecule has 0 saturated carbocycles. The van der Waals surface area contributed by atoms with E-state index in [4.69, 9.17) is 0 Å². The van der Waals surface area contributed by atoms with Crippen LogP contribution in [0.5, 0.6) is 0 Å². The minimum Gasteiger partial charge on any atom is -0.481 e. The van der Waals surface area contributed by atoms with Crippen molar-refractivity contribution in [1.82, 2.24) is 5.32 Å². The highest BCUT2D eigenvalue weighted by Gasteiger charge is 2.45. The van der Waals surface area contributed by atoms with Gasteiger partial charge < -0.3 is 10.4 Å². The third-order valence-corrected chi connectivity index (χ3v) is 15.4. The normalized spacial score (nSPS) is 17.4. The van der Waals surface area contributed by atoms with Gasteiger partial charge in [0, 0.05) is 36.4 Å². The lowest BCUT2D eigenvalue weighted by atomic mass is 9.68. The number of rotatable bonds is 23. The van der Waals surface area contributed by atoms with Crippen molar-refractivity contribution in [2.75, 3.05) is 24.6 Å². The van der Waals surface area contributed by atoms with Crippen LogP contribution in [-0.2, 0) is 56.1 Å². The van der Waals surface area contributed by atoms with Crippen molar-refractivity contribution in [2.45, 2.75) is 126 Å². The summed E-state index contributed by atoms with van der Waals surface area (Å²) in [6.45, 7) is 9.92. The number of aliphatic carboxylic acids is 1. The Balaban J connectivity index is 1.79. The fourth-order valence-electron chi connectivity index (χ4n) is 8.72. The van der Waals surface area contributed by atoms with Crippen molar-refractivity contribution in [1.29, 1.82) is 0 Å². The Morgan fingerprint density at radius 1 is 0.825 bits per heavy atom. The van der Waals surface area contributed by atoms with Gasteiger partial charge in [-0.15, -0.1) is 0 Å². The molecule has 350 valence electrons. The highest BCUT2D eigenvalue weighted by atomic mass is 32.2. The molecule has 0 bridgehead atoms. The van der Waals surface area contributed by atoms with E-state index in [1.807, 2.05) is 51.3 Å². The van der Waals surface area contributed by atoms with Crippen molar-refractivity contribution in [3.05, 3.63) is 88.2 Å². The third kappa shape index (κ3) is 14.4. The van der Waals surface area contributed by atoms with Crippen LogP contribution in [0.15, 0.2) is 81.3 Å². The van der Waals surface area contributed by atoms with Gasteiger partial charge >= 0.3 is 5.97 Å². The second kappa shape index (κ2) is 20.6. The quantitative estimate of drug-likeness (QED) is 0.0374. The first-order chi connectivity index (χ1) is 29.0. The van der Waals surface area contributed by atoms with E-state index in [1.54, 1.807) is 12.1 Å². The first-order valence-corrected chi connectivity index (χ1v) is 26.9. The predicted molar refractivity (Wildman–Crippen MR) is 240 cm³/mol. The Hall–Kier alpha value is -3.76. The Kier molecular flexibility index (Phi) is 17.0. The fraction of sp³-hybridized carbons (Fsp3) is 0.535. The molecule has 0 spiro atoms. The van der Waals surface area contributed by atoms with Crippen LogP contribution in [0.4, 0.5) is 5.69 Å². The van der Waals surface area contributed by atoms with Crippen LogP contribution in [0.25, 0.3) is 0 Å². The molecule has 0 fully saturated rings. The maximum atomic E-state index is 12.2. The minimum atomic E-state index is -4.55. The number of unbranched alkanes of at least 4 members (excludes halogenated alkanes) is 3. The van der Waals surface area contributed by atoms with Crippen LogP contribution < -0.4 is 5.32 Å². The highest BCUT2D eigenvalue weighted by molar-refractivity contribution is 7.86. The number of aryl methyl sites for hydroxylation is 1. The van der Waals surface area contributed by atoms with Gasteiger partial charge in [0.25, 0.3) is 40.5 Å². The average molecular weight is 958 g/mol. The van der Waals surface area contributed by atoms with E-state index in [0.717, 1.165) is 34.4 Å². The van der Waals surface area contributed by atoms with Gasteiger partial charge in [-0.25, -0.2) is 0 Å². The lowest BCUT2D eigenvalue weighted by molar-refractivity contribution is -0.437. The number of carboxylic acid groups (broad SMARTS) is 1. The molecule has 16 nitrogen and oxygen atoms in total. The van der Waals surface area contributed by atoms with E-state index in [2.05, 4.69) is 11.4 Å². The molecule has 1 aliphatic carbocycles. The molecular weight excluding hydrogens is 897 g/mol. The first kappa shape index (κ1) is 51.9. The summed E-state index contributed by atoms with van der Waals surface area (Å²) in [5.74, 6) is -1.93. The van der Waals surface area contributed by atoms with Crippen LogP contribution in [-0.4, -0.2) is 97.8 Å². The van der Waals surface area contributed by atoms with Gasteiger partial charge in [0.2, 0.25) is 5.69 Å². The molecule has 2 aliphatic rings. The number of allylic oxidation sites excluding steroid dienone is 5. The van der Waals surface area contributed by atoms with Crippen molar-refractivity contribution < 1.29 is 66.4 Å². The van der Waals surface area contributed by atoms with Crippen LogP contribution in [0, 0.1) is 12.8 Å². The maximum absolute atomic E-state index is 12.2. The average Bonchev–Trinajstić information content (AvgIpc) is 3.36. The minimum absolute atomic E-state index is 0.0467. The van der Waals surface area contributed by atoms with E-state index in [1.165, 1.54) is 24.3 Å². The zero-order valence-corrected chi connectivity index (χ0v) is 39.6. The molecular formula is C43H61N2O14S4+. The molecule has 0 saturated heterocycles. The van der Waals surface area contributed by atoms with Gasteiger partial charge in [-0.05, 0) is 117 Å². The Bertz CT molecular complexity index is 2630. The molecule has 4 rings (SSSR count). The topological polar surface area (TPSA) is 270 Å². The number of carboxylic acids is 1. The standard InChI is InChI=1S/C43H60N2O14S4/c1-30-15-19-34(62(54,55)56)28-36(30)42(2,3)33(14-8-6-7-9-26-60(48,49)50)18-16-31-12-10-13-32(41(31)44-24-23-40(46)47)17-22-39-43(4,5)37-29-35(63(57,58)59)20-21-38(37)45(39)25-11-27-61(51,52)53/h15-17,19-22,28-29,33H,6-14,18,23-27H2,1-5H3,(H5,46,47,48,49,50,51,52,53,54,55,56,57,58,59)/p+1/b31-16+. The summed E-state index contributed by atoms with van der Waals surface area (Å²) < 4.78 is 135. The number of benzene rings is 2. The van der Waals surface area contributed by atoms with Crippen molar-refractivity contribution in [2.24, 2.45) is 5.92 Å². The summed E-state index contributed by atoms with van der Waals surface area (Å²) >= 11 is 0. The van der Waals surface area contributed by atoms with Gasteiger partial charge in [-0.2, -0.15) is 38.2 Å². The lowest BCUT2D eigenvalue weighted by Crippen LogP contribution is -2.30. The van der Waals surface area contributed by atoms with E-state index >= 15 is 0 Å². The summed E-state index contributed by atoms with van der Waals surface area (Å²) in [4.78, 5) is 11.1. The summed E-state index contributed by atoms with van der Waals surface area (Å²) in [5.41, 5.74) is 4.49. The molecule has 0 radical (unpaired) electrons. The molecule has 2 aromatic rings. The van der Waals surface area contributed by atoms with Gasteiger partial charge in [-0.1, -0.05) is 51.3 Å². The predicted octanol–water partition coefficient (Wildman–Crippen LogP) is 6.95. The molecule has 20 heteroatoms. The second-order valence-corrected chi connectivity index (χ2v) is 23.4. The summed E-state index contributed by atoms with van der Waals surface area (Å²) in [6.07, 6.45) is 11.2. The van der Waals surface area contributed by atoms with Gasteiger partial charge in [0.05, 0.1) is 33.1 Å². The van der Waals surface area contributed by atoms with E-state index in [9.17, 15) is 61.8 Å². The summed E-state index contributed by atoms with van der Waals surface area (Å²) in [6, 6.07) is 8.71. The Morgan fingerprint density at radius 3 is 2.05 bits per heavy atom. The van der Waals surface area contributed by atoms with Gasteiger partial charge in [0.15, 0.2) is 5.71 Å². The van der Waals surface area contributed by atoms with Crippen LogP contribution in [0.3, 0.4) is 0 Å². The SMILES string of the molecule is Cc1ccc(S(=O)(=O)O)cc1C(C)(C)C(C/C=C1\CCCC(/C=C/C2=[N+](CCCS(=O)(=O)O)c3ccc(S(=O)(=O)O)cc3C2(C)C)=C1NCCC(=O)O)CCCCCCS(=O)(=O)O. The highest BCUT2D eigenvalue weighted by Crippen LogP contribution is 2.43. The third-order valence-electron chi connectivity index (χ3n) is 12.1. The Morgan fingerprint density at radius 2 is 1.43 bits per heavy atom. The van der Waals surface area contributed by atoms with Gasteiger partial charge in [-0.3, -0.25) is 23.0 Å². The fourth-order valence-corrected chi connectivity index (χ4v) is 10.8. The smallest absolute Gasteiger partial charge is 0.305 e. The molecule has 1 heterocycles. The second-order valence-electron chi connectivity index (χ2n) is 17.4. The molecule has 63 heavy (non-hydrogen) atoms. The van der Waals surface area contributed by atoms with Gasteiger partial charge in [0.1, 0.15) is 6.54 Å². The van der Waals surface area contributed by atoms with Crippen molar-refractivity contribution in [3.8, 4) is 0 Å². The van der Waals surface area contributed by atoms with E-state index in [-0.39, 0.29) is 47.4 Å². The first-order valence-electron chi connectivity index (χ1n) is 20.8. The van der Waals surface area contributed by atoms with Crippen LogP contribution in [0.1, 0.15) is 115 Å². The zero-order valence-electron chi connectivity index (χ0n) is 36.4. The van der Waals surface area contributed by atoms with E-state index in [0.29, 0.717) is 68.3 Å². The molecule has 1 aliphatic heterocycles. The number of hydrogen-bond acceptors (Lipinski definition) is 10. The molecule has 2 aromatic carbocycles.